The van der Waals surface area contributed by atoms with Crippen LogP contribution in [0.15, 0.2) is 18.2 Å². The van der Waals surface area contributed by atoms with Crippen LogP contribution in [0.25, 0.3) is 0 Å². The fourth-order valence-corrected chi connectivity index (χ4v) is 2.03. The molecule has 1 unspecified atom stereocenters. The molecule has 0 aromatic heterocycles. The predicted molar refractivity (Wildman–Crippen MR) is 74.9 cm³/mol. The molecule has 0 radical (unpaired) electrons. The number of methoxy groups -OCH3 is 1. The lowest BCUT2D eigenvalue weighted by molar-refractivity contribution is -0.142. The molecule has 1 aromatic carbocycles. The Morgan fingerprint density at radius 1 is 1.40 bits per heavy atom. The van der Waals surface area contributed by atoms with Gasteiger partial charge in [-0.2, -0.15) is 0 Å². The minimum Gasteiger partial charge on any atom is -0.497 e. The maximum Gasteiger partial charge on any atom is 0.263 e. The van der Waals surface area contributed by atoms with E-state index in [1.165, 1.54) is 0 Å². The minimum absolute atomic E-state index is 0.0597. The Morgan fingerprint density at radius 2 is 2.10 bits per heavy atom. The molecule has 6 nitrogen and oxygen atoms in total. The summed E-state index contributed by atoms with van der Waals surface area (Å²) in [5, 5.41) is 0. The maximum absolute atomic E-state index is 12.2. The number of hydrogen-bond donors (Lipinski definition) is 1. The van der Waals surface area contributed by atoms with Gasteiger partial charge in [-0.05, 0) is 19.1 Å². The molecule has 2 rings (SSSR count). The number of hydrogen-bond acceptors (Lipinski definition) is 5. The largest absolute Gasteiger partial charge is 0.497 e. The van der Waals surface area contributed by atoms with Crippen LogP contribution in [0.5, 0.6) is 11.5 Å². The van der Waals surface area contributed by atoms with E-state index in [0.717, 1.165) is 0 Å². The summed E-state index contributed by atoms with van der Waals surface area (Å²) in [6.07, 6.45) is -0.595. The second-order valence-electron chi connectivity index (χ2n) is 4.60. The molecule has 1 aromatic rings. The Kier molecular flexibility index (Phi) is 4.68. The number of amides is 1. The number of benzene rings is 1. The summed E-state index contributed by atoms with van der Waals surface area (Å²) in [5.41, 5.74) is 6.32. The lowest BCUT2D eigenvalue weighted by atomic mass is 10.2. The number of carbonyl (C=O) groups excluding carboxylic acids is 1. The highest BCUT2D eigenvalue weighted by Gasteiger charge is 2.24. The Hall–Kier alpha value is -1.95. The van der Waals surface area contributed by atoms with E-state index in [-0.39, 0.29) is 5.91 Å². The van der Waals surface area contributed by atoms with Crippen molar-refractivity contribution in [3.63, 3.8) is 0 Å². The molecule has 1 atom stereocenters. The van der Waals surface area contributed by atoms with Crippen LogP contribution >= 0.6 is 0 Å². The summed E-state index contributed by atoms with van der Waals surface area (Å²) < 4.78 is 16.0. The Labute approximate surface area is 118 Å². The molecule has 1 aliphatic heterocycles. The molecule has 110 valence electrons. The van der Waals surface area contributed by atoms with Crippen molar-refractivity contribution in [2.45, 2.75) is 13.0 Å². The standard InChI is InChI=1S/C14H20N2O4/c1-10(14(17)16-5-7-19-8-6-16)20-13-9-11(18-2)3-4-12(13)15/h3-4,9-10H,5-8,15H2,1-2H3. The van der Waals surface area contributed by atoms with Crippen LogP contribution in [-0.4, -0.2) is 50.3 Å². The topological polar surface area (TPSA) is 74.0 Å². The first-order valence-electron chi connectivity index (χ1n) is 6.58. The first-order chi connectivity index (χ1) is 9.61. The van der Waals surface area contributed by atoms with Crippen molar-refractivity contribution in [1.29, 1.82) is 0 Å². The van der Waals surface area contributed by atoms with Crippen LogP contribution in [0.1, 0.15) is 6.92 Å². The van der Waals surface area contributed by atoms with E-state index in [9.17, 15) is 4.79 Å². The van der Waals surface area contributed by atoms with E-state index in [2.05, 4.69) is 0 Å². The van der Waals surface area contributed by atoms with Gasteiger partial charge < -0.3 is 24.8 Å². The van der Waals surface area contributed by atoms with Crippen molar-refractivity contribution in [3.05, 3.63) is 18.2 Å². The van der Waals surface area contributed by atoms with Crippen LogP contribution in [-0.2, 0) is 9.53 Å². The van der Waals surface area contributed by atoms with Gasteiger partial charge in [0.1, 0.15) is 11.5 Å². The van der Waals surface area contributed by atoms with Gasteiger partial charge in [0.2, 0.25) is 0 Å². The zero-order valence-corrected chi connectivity index (χ0v) is 11.8. The van der Waals surface area contributed by atoms with E-state index in [0.29, 0.717) is 43.5 Å². The highest BCUT2D eigenvalue weighted by atomic mass is 16.5. The molecular formula is C14H20N2O4. The van der Waals surface area contributed by atoms with Crippen LogP contribution in [0.4, 0.5) is 5.69 Å². The molecule has 0 aliphatic carbocycles. The fraction of sp³-hybridized carbons (Fsp3) is 0.500. The first kappa shape index (κ1) is 14.5. The average Bonchev–Trinajstić information content (AvgIpc) is 2.49. The molecular weight excluding hydrogens is 260 g/mol. The van der Waals surface area contributed by atoms with Crippen molar-refractivity contribution in [2.24, 2.45) is 0 Å². The molecule has 0 spiro atoms. The molecule has 0 saturated carbocycles. The number of anilines is 1. The molecule has 1 saturated heterocycles. The van der Waals surface area contributed by atoms with E-state index >= 15 is 0 Å². The number of nitrogens with zero attached hydrogens (tertiary/aromatic N) is 1. The van der Waals surface area contributed by atoms with E-state index in [1.54, 1.807) is 37.1 Å². The number of nitrogen functional groups attached to an aromatic ring is 1. The normalized spacial score (nSPS) is 16.6. The van der Waals surface area contributed by atoms with Crippen molar-refractivity contribution in [1.82, 2.24) is 4.90 Å². The first-order valence-corrected chi connectivity index (χ1v) is 6.58. The van der Waals surface area contributed by atoms with E-state index in [4.69, 9.17) is 19.9 Å². The van der Waals surface area contributed by atoms with Gasteiger partial charge in [0, 0.05) is 19.2 Å². The van der Waals surface area contributed by atoms with Crippen molar-refractivity contribution < 1.29 is 19.0 Å². The summed E-state index contributed by atoms with van der Waals surface area (Å²) in [4.78, 5) is 14.0. The summed E-state index contributed by atoms with van der Waals surface area (Å²) in [7, 11) is 1.57. The van der Waals surface area contributed by atoms with Crippen LogP contribution < -0.4 is 15.2 Å². The van der Waals surface area contributed by atoms with Crippen molar-refractivity contribution >= 4 is 11.6 Å². The lowest BCUT2D eigenvalue weighted by Crippen LogP contribution is -2.46. The molecule has 20 heavy (non-hydrogen) atoms. The molecule has 2 N–H and O–H groups in total. The van der Waals surface area contributed by atoms with Gasteiger partial charge in [-0.25, -0.2) is 0 Å². The summed E-state index contributed by atoms with van der Waals surface area (Å²) in [6.45, 7) is 4.05. The van der Waals surface area contributed by atoms with Crippen LogP contribution in [0.3, 0.4) is 0 Å². The molecule has 1 amide bonds. The molecule has 6 heteroatoms. The van der Waals surface area contributed by atoms with E-state index in [1.807, 2.05) is 0 Å². The predicted octanol–water partition coefficient (Wildman–Crippen LogP) is 0.903. The maximum atomic E-state index is 12.2. The highest BCUT2D eigenvalue weighted by molar-refractivity contribution is 5.81. The average molecular weight is 280 g/mol. The quantitative estimate of drug-likeness (QED) is 0.830. The van der Waals surface area contributed by atoms with Gasteiger partial charge in [0.25, 0.3) is 5.91 Å². The second kappa shape index (κ2) is 6.47. The zero-order valence-electron chi connectivity index (χ0n) is 11.8. The van der Waals surface area contributed by atoms with Gasteiger partial charge in [-0.15, -0.1) is 0 Å². The highest BCUT2D eigenvalue weighted by Crippen LogP contribution is 2.27. The molecule has 1 aliphatic rings. The molecule has 0 bridgehead atoms. The zero-order chi connectivity index (χ0) is 14.5. The Morgan fingerprint density at radius 3 is 2.75 bits per heavy atom. The van der Waals surface area contributed by atoms with Crippen LogP contribution in [0, 0.1) is 0 Å². The Bertz CT molecular complexity index is 472. The minimum atomic E-state index is -0.595. The Balaban J connectivity index is 2.03. The number of carbonyl (C=O) groups is 1. The van der Waals surface area contributed by atoms with Gasteiger partial charge in [0.15, 0.2) is 6.10 Å². The molecule has 1 heterocycles. The van der Waals surface area contributed by atoms with Crippen molar-refractivity contribution in [3.8, 4) is 11.5 Å². The smallest absolute Gasteiger partial charge is 0.263 e. The summed E-state index contributed by atoms with van der Waals surface area (Å²) in [5.74, 6) is 1.04. The number of nitrogens with two attached hydrogens (primary N) is 1. The number of morpholine rings is 1. The third-order valence-corrected chi connectivity index (χ3v) is 3.20. The third-order valence-electron chi connectivity index (χ3n) is 3.20. The summed E-state index contributed by atoms with van der Waals surface area (Å²) in [6, 6.07) is 5.12. The number of rotatable bonds is 4. The van der Waals surface area contributed by atoms with Crippen molar-refractivity contribution in [2.75, 3.05) is 39.1 Å². The van der Waals surface area contributed by atoms with Gasteiger partial charge in [-0.3, -0.25) is 4.79 Å². The third kappa shape index (κ3) is 3.33. The SMILES string of the molecule is COc1ccc(N)c(OC(C)C(=O)N2CCOCC2)c1. The van der Waals surface area contributed by atoms with Gasteiger partial charge in [0.05, 0.1) is 26.0 Å². The molecule has 1 fully saturated rings. The fourth-order valence-electron chi connectivity index (χ4n) is 2.03. The second-order valence-corrected chi connectivity index (χ2v) is 4.60. The monoisotopic (exact) mass is 280 g/mol. The van der Waals surface area contributed by atoms with Crippen LogP contribution in [0.2, 0.25) is 0 Å². The summed E-state index contributed by atoms with van der Waals surface area (Å²) >= 11 is 0. The van der Waals surface area contributed by atoms with Gasteiger partial charge in [-0.1, -0.05) is 0 Å². The lowest BCUT2D eigenvalue weighted by Gasteiger charge is -2.29. The number of ether oxygens (including phenoxy) is 3. The van der Waals surface area contributed by atoms with E-state index < -0.39 is 6.10 Å². The van der Waals surface area contributed by atoms with Gasteiger partial charge >= 0.3 is 0 Å².